The molecule has 120 valence electrons. The smallest absolute Gasteiger partial charge is 0.317 e. The lowest BCUT2D eigenvalue weighted by Gasteiger charge is -2.25. The van der Waals surface area contributed by atoms with Gasteiger partial charge in [0, 0.05) is 18.1 Å². The SMILES string of the molecule is O=C(NCCc1ccccc1)N1CCC[C@@H]1c1ccc(Cl)cc1. The van der Waals surface area contributed by atoms with Crippen molar-refractivity contribution < 1.29 is 4.79 Å². The van der Waals surface area contributed by atoms with E-state index in [0.29, 0.717) is 6.54 Å². The van der Waals surface area contributed by atoms with Gasteiger partial charge in [0.1, 0.15) is 0 Å². The Morgan fingerprint density at radius 3 is 2.61 bits per heavy atom. The summed E-state index contributed by atoms with van der Waals surface area (Å²) >= 11 is 5.95. The lowest BCUT2D eigenvalue weighted by atomic mass is 10.1. The number of benzene rings is 2. The summed E-state index contributed by atoms with van der Waals surface area (Å²) in [5.41, 5.74) is 2.40. The number of hydrogen-bond acceptors (Lipinski definition) is 1. The maximum absolute atomic E-state index is 12.5. The molecule has 3 nitrogen and oxygen atoms in total. The van der Waals surface area contributed by atoms with Crippen LogP contribution in [0.3, 0.4) is 0 Å². The Morgan fingerprint density at radius 2 is 1.87 bits per heavy atom. The molecule has 1 atom stereocenters. The van der Waals surface area contributed by atoms with Crippen LogP contribution in [-0.2, 0) is 6.42 Å². The van der Waals surface area contributed by atoms with E-state index in [0.717, 1.165) is 36.4 Å². The summed E-state index contributed by atoms with van der Waals surface area (Å²) in [6.45, 7) is 1.47. The zero-order valence-electron chi connectivity index (χ0n) is 13.0. The van der Waals surface area contributed by atoms with Crippen molar-refractivity contribution in [2.24, 2.45) is 0 Å². The number of carbonyl (C=O) groups is 1. The van der Waals surface area contributed by atoms with Crippen molar-refractivity contribution in [1.82, 2.24) is 10.2 Å². The molecule has 4 heteroatoms. The summed E-state index contributed by atoms with van der Waals surface area (Å²) in [5.74, 6) is 0. The summed E-state index contributed by atoms with van der Waals surface area (Å²) < 4.78 is 0. The monoisotopic (exact) mass is 328 g/mol. The lowest BCUT2D eigenvalue weighted by Crippen LogP contribution is -2.40. The second kappa shape index (κ2) is 7.51. The van der Waals surface area contributed by atoms with E-state index in [1.807, 2.05) is 47.4 Å². The minimum Gasteiger partial charge on any atom is -0.338 e. The molecule has 0 bridgehead atoms. The molecule has 0 unspecified atom stereocenters. The van der Waals surface area contributed by atoms with Gasteiger partial charge < -0.3 is 10.2 Å². The first-order valence-electron chi connectivity index (χ1n) is 8.08. The molecule has 23 heavy (non-hydrogen) atoms. The van der Waals surface area contributed by atoms with Gasteiger partial charge in [-0.05, 0) is 42.5 Å². The van der Waals surface area contributed by atoms with E-state index < -0.39 is 0 Å². The highest BCUT2D eigenvalue weighted by molar-refractivity contribution is 6.30. The van der Waals surface area contributed by atoms with Crippen molar-refractivity contribution >= 4 is 17.6 Å². The van der Waals surface area contributed by atoms with Crippen molar-refractivity contribution in [2.75, 3.05) is 13.1 Å². The van der Waals surface area contributed by atoms with E-state index in [1.165, 1.54) is 5.56 Å². The third kappa shape index (κ3) is 4.05. The Morgan fingerprint density at radius 1 is 1.13 bits per heavy atom. The van der Waals surface area contributed by atoms with Gasteiger partial charge in [0.25, 0.3) is 0 Å². The minimum atomic E-state index is 0.0263. The van der Waals surface area contributed by atoms with Crippen molar-refractivity contribution in [2.45, 2.75) is 25.3 Å². The highest BCUT2D eigenvalue weighted by Crippen LogP contribution is 2.32. The van der Waals surface area contributed by atoms with E-state index in [4.69, 9.17) is 11.6 Å². The highest BCUT2D eigenvalue weighted by Gasteiger charge is 2.29. The molecule has 0 radical (unpaired) electrons. The van der Waals surface area contributed by atoms with Gasteiger partial charge in [0.2, 0.25) is 0 Å². The van der Waals surface area contributed by atoms with E-state index in [-0.39, 0.29) is 12.1 Å². The van der Waals surface area contributed by atoms with E-state index in [1.54, 1.807) is 0 Å². The molecule has 1 heterocycles. The number of halogens is 1. The van der Waals surface area contributed by atoms with Crippen LogP contribution in [0.25, 0.3) is 0 Å². The van der Waals surface area contributed by atoms with Crippen molar-refractivity contribution in [3.63, 3.8) is 0 Å². The number of urea groups is 1. The number of hydrogen-bond donors (Lipinski definition) is 1. The second-order valence-corrected chi connectivity index (χ2v) is 6.31. The van der Waals surface area contributed by atoms with Gasteiger partial charge in [-0.2, -0.15) is 0 Å². The Hall–Kier alpha value is -2.00. The Balaban J connectivity index is 1.56. The molecular weight excluding hydrogens is 308 g/mol. The molecule has 0 spiro atoms. The average Bonchev–Trinajstić information content (AvgIpc) is 3.06. The van der Waals surface area contributed by atoms with Gasteiger partial charge >= 0.3 is 6.03 Å². The predicted molar refractivity (Wildman–Crippen MR) is 93.7 cm³/mol. The Labute approximate surface area is 142 Å². The van der Waals surface area contributed by atoms with Gasteiger partial charge in [0.15, 0.2) is 0 Å². The quantitative estimate of drug-likeness (QED) is 0.884. The van der Waals surface area contributed by atoms with Crippen molar-refractivity contribution in [1.29, 1.82) is 0 Å². The van der Waals surface area contributed by atoms with Gasteiger partial charge in [0.05, 0.1) is 6.04 Å². The fourth-order valence-electron chi connectivity index (χ4n) is 3.10. The summed E-state index contributed by atoms with van der Waals surface area (Å²) in [6.07, 6.45) is 2.90. The molecule has 0 saturated carbocycles. The van der Waals surface area contributed by atoms with Crippen LogP contribution in [0.15, 0.2) is 54.6 Å². The number of likely N-dealkylation sites (tertiary alicyclic amines) is 1. The first-order valence-corrected chi connectivity index (χ1v) is 8.46. The molecule has 1 saturated heterocycles. The molecule has 2 aromatic rings. The average molecular weight is 329 g/mol. The third-order valence-corrected chi connectivity index (χ3v) is 4.55. The summed E-state index contributed by atoms with van der Waals surface area (Å²) in [7, 11) is 0. The normalized spacial score (nSPS) is 17.3. The minimum absolute atomic E-state index is 0.0263. The number of nitrogens with one attached hydrogen (secondary N) is 1. The highest BCUT2D eigenvalue weighted by atomic mass is 35.5. The van der Waals surface area contributed by atoms with Gasteiger partial charge in [-0.25, -0.2) is 4.79 Å². The molecule has 1 N–H and O–H groups in total. The molecule has 2 amide bonds. The van der Waals surface area contributed by atoms with Crippen LogP contribution >= 0.6 is 11.6 Å². The van der Waals surface area contributed by atoms with E-state index in [2.05, 4.69) is 17.4 Å². The molecule has 2 aromatic carbocycles. The third-order valence-electron chi connectivity index (χ3n) is 4.30. The molecule has 1 fully saturated rings. The zero-order chi connectivity index (χ0) is 16.1. The van der Waals surface area contributed by atoms with E-state index >= 15 is 0 Å². The summed E-state index contributed by atoms with van der Waals surface area (Å²) in [4.78, 5) is 14.4. The number of carbonyl (C=O) groups excluding carboxylic acids is 1. The van der Waals surface area contributed by atoms with Crippen LogP contribution in [0, 0.1) is 0 Å². The largest absolute Gasteiger partial charge is 0.338 e. The van der Waals surface area contributed by atoms with Crippen LogP contribution in [0.5, 0.6) is 0 Å². The summed E-state index contributed by atoms with van der Waals surface area (Å²) in [5, 5.41) is 3.77. The fraction of sp³-hybridized carbons (Fsp3) is 0.316. The first kappa shape index (κ1) is 15.9. The lowest BCUT2D eigenvalue weighted by molar-refractivity contribution is 0.193. The number of rotatable bonds is 4. The van der Waals surface area contributed by atoms with Crippen molar-refractivity contribution in [3.05, 3.63) is 70.7 Å². The second-order valence-electron chi connectivity index (χ2n) is 5.87. The molecule has 0 aliphatic carbocycles. The molecular formula is C19H21ClN2O. The Kier molecular flexibility index (Phi) is 5.19. The first-order chi connectivity index (χ1) is 11.2. The molecule has 1 aliphatic heterocycles. The molecule has 0 aromatic heterocycles. The van der Waals surface area contributed by atoms with Crippen LogP contribution in [0.4, 0.5) is 4.79 Å². The van der Waals surface area contributed by atoms with Crippen LogP contribution in [0.1, 0.15) is 30.0 Å². The number of nitrogens with zero attached hydrogens (tertiary/aromatic N) is 1. The van der Waals surface area contributed by atoms with E-state index in [9.17, 15) is 4.79 Å². The van der Waals surface area contributed by atoms with Gasteiger partial charge in [-0.15, -0.1) is 0 Å². The van der Waals surface area contributed by atoms with Crippen molar-refractivity contribution in [3.8, 4) is 0 Å². The van der Waals surface area contributed by atoms with Gasteiger partial charge in [-0.3, -0.25) is 0 Å². The Bertz CT molecular complexity index is 642. The maximum Gasteiger partial charge on any atom is 0.317 e. The van der Waals surface area contributed by atoms with Crippen LogP contribution < -0.4 is 5.32 Å². The predicted octanol–water partition coefficient (Wildman–Crippen LogP) is 4.43. The topological polar surface area (TPSA) is 32.3 Å². The molecule has 3 rings (SSSR count). The van der Waals surface area contributed by atoms with Gasteiger partial charge in [-0.1, -0.05) is 54.1 Å². The zero-order valence-corrected chi connectivity index (χ0v) is 13.8. The number of amides is 2. The standard InChI is InChI=1S/C19H21ClN2O/c20-17-10-8-16(9-11-17)18-7-4-14-22(18)19(23)21-13-12-15-5-2-1-3-6-15/h1-3,5-6,8-11,18H,4,7,12-14H2,(H,21,23)/t18-/m1/s1. The van der Waals surface area contributed by atoms with Crippen LogP contribution in [0.2, 0.25) is 5.02 Å². The summed E-state index contributed by atoms with van der Waals surface area (Å²) in [6, 6.07) is 18.2. The molecule has 1 aliphatic rings. The van der Waals surface area contributed by atoms with Crippen LogP contribution in [-0.4, -0.2) is 24.0 Å². The maximum atomic E-state index is 12.5. The fourth-order valence-corrected chi connectivity index (χ4v) is 3.23.